The van der Waals surface area contributed by atoms with Crippen molar-refractivity contribution in [2.45, 2.75) is 45.2 Å². The van der Waals surface area contributed by atoms with E-state index in [-0.39, 0.29) is 0 Å². The predicted octanol–water partition coefficient (Wildman–Crippen LogP) is 0.791. The van der Waals surface area contributed by atoms with Gasteiger partial charge < -0.3 is 5.73 Å². The van der Waals surface area contributed by atoms with Crippen molar-refractivity contribution in [1.29, 1.82) is 0 Å². The molecule has 0 aromatic rings. The molecule has 0 spiro atoms. The average Bonchev–Trinajstić information content (AvgIpc) is 1.94. The zero-order valence-electron chi connectivity index (χ0n) is 8.41. The Morgan fingerprint density at radius 3 is 2.38 bits per heavy atom. The van der Waals surface area contributed by atoms with Gasteiger partial charge in [-0.1, -0.05) is 32.6 Å². The van der Waals surface area contributed by atoms with Gasteiger partial charge in [-0.05, 0) is 6.42 Å². The van der Waals surface area contributed by atoms with Crippen LogP contribution in [0.4, 0.5) is 0 Å². The summed E-state index contributed by atoms with van der Waals surface area (Å²) in [5.74, 6) is 0. The summed E-state index contributed by atoms with van der Waals surface area (Å²) in [5, 5.41) is 0. The van der Waals surface area contributed by atoms with E-state index in [9.17, 15) is 8.42 Å². The molecule has 13 heavy (non-hydrogen) atoms. The van der Waals surface area contributed by atoms with Gasteiger partial charge in [0.2, 0.25) is 10.0 Å². The Bertz CT molecular complexity index is 214. The summed E-state index contributed by atoms with van der Waals surface area (Å²) in [4.78, 5) is 0. The van der Waals surface area contributed by atoms with Crippen LogP contribution in [0.3, 0.4) is 0 Å². The van der Waals surface area contributed by atoms with E-state index < -0.39 is 16.2 Å². The van der Waals surface area contributed by atoms with Gasteiger partial charge in [0, 0.05) is 0 Å². The molecule has 0 heterocycles. The molecule has 1 unspecified atom stereocenters. The van der Waals surface area contributed by atoms with Crippen LogP contribution in [0.15, 0.2) is 0 Å². The number of nitrogens with one attached hydrogen (secondary N) is 1. The Hall–Kier alpha value is -0.130. The lowest BCUT2D eigenvalue weighted by molar-refractivity contribution is 0.512. The van der Waals surface area contributed by atoms with E-state index in [1.54, 1.807) is 0 Å². The van der Waals surface area contributed by atoms with Crippen LogP contribution in [-0.2, 0) is 10.0 Å². The minimum Gasteiger partial charge on any atom is -0.315 e. The van der Waals surface area contributed by atoms with E-state index in [2.05, 4.69) is 11.6 Å². The second-order valence-electron chi connectivity index (χ2n) is 3.35. The first-order valence-corrected chi connectivity index (χ1v) is 6.57. The fraction of sp³-hybridized carbons (Fsp3) is 1.00. The van der Waals surface area contributed by atoms with Crippen molar-refractivity contribution in [3.05, 3.63) is 0 Å². The predicted molar refractivity (Wildman–Crippen MR) is 54.7 cm³/mol. The van der Waals surface area contributed by atoms with E-state index in [1.807, 2.05) is 0 Å². The van der Waals surface area contributed by atoms with Crippen molar-refractivity contribution in [3.63, 3.8) is 0 Å². The molecule has 3 N–H and O–H groups in total. The fourth-order valence-electron chi connectivity index (χ4n) is 1.12. The smallest absolute Gasteiger partial charge is 0.210 e. The van der Waals surface area contributed by atoms with Crippen molar-refractivity contribution in [2.24, 2.45) is 5.73 Å². The molecule has 0 radical (unpaired) electrons. The minimum absolute atomic E-state index is 0.424. The zero-order chi connectivity index (χ0) is 10.3. The van der Waals surface area contributed by atoms with Gasteiger partial charge >= 0.3 is 0 Å². The standard InChI is InChI=1S/C8H20N2O2S/c1-3-4-5-6-7-8(9)10-13(2,11)12/h8,10H,3-7,9H2,1-2H3. The third-order valence-electron chi connectivity index (χ3n) is 1.73. The summed E-state index contributed by atoms with van der Waals surface area (Å²) >= 11 is 0. The number of unbranched alkanes of at least 4 members (excludes halogenated alkanes) is 3. The van der Waals surface area contributed by atoms with E-state index in [0.29, 0.717) is 6.42 Å². The summed E-state index contributed by atoms with van der Waals surface area (Å²) in [5.41, 5.74) is 5.55. The summed E-state index contributed by atoms with van der Waals surface area (Å²) in [7, 11) is -3.14. The highest BCUT2D eigenvalue weighted by Gasteiger charge is 2.07. The molecule has 0 fully saturated rings. The highest BCUT2D eigenvalue weighted by atomic mass is 32.2. The number of rotatable bonds is 7. The number of nitrogens with two attached hydrogens (primary N) is 1. The van der Waals surface area contributed by atoms with Gasteiger partial charge in [-0.25, -0.2) is 8.42 Å². The maximum Gasteiger partial charge on any atom is 0.210 e. The zero-order valence-corrected chi connectivity index (χ0v) is 9.23. The van der Waals surface area contributed by atoms with Gasteiger partial charge in [0.1, 0.15) is 0 Å². The molecule has 80 valence electrons. The molecule has 0 bridgehead atoms. The number of hydrogen-bond donors (Lipinski definition) is 2. The van der Waals surface area contributed by atoms with Crippen LogP contribution < -0.4 is 10.5 Å². The monoisotopic (exact) mass is 208 g/mol. The van der Waals surface area contributed by atoms with E-state index in [0.717, 1.165) is 19.1 Å². The molecule has 0 aliphatic carbocycles. The van der Waals surface area contributed by atoms with Crippen molar-refractivity contribution < 1.29 is 8.42 Å². The van der Waals surface area contributed by atoms with Crippen LogP contribution in [-0.4, -0.2) is 20.8 Å². The summed E-state index contributed by atoms with van der Waals surface area (Å²) in [6.45, 7) is 2.13. The normalized spacial score (nSPS) is 14.4. The number of sulfonamides is 1. The Kier molecular flexibility index (Phi) is 6.28. The topological polar surface area (TPSA) is 72.2 Å². The van der Waals surface area contributed by atoms with Crippen LogP contribution in [0.5, 0.6) is 0 Å². The Morgan fingerprint density at radius 1 is 1.31 bits per heavy atom. The Balaban J connectivity index is 3.47. The first kappa shape index (κ1) is 12.9. The maximum atomic E-state index is 10.7. The first-order chi connectivity index (χ1) is 5.95. The van der Waals surface area contributed by atoms with Crippen molar-refractivity contribution in [3.8, 4) is 0 Å². The molecule has 0 aliphatic rings. The largest absolute Gasteiger partial charge is 0.315 e. The second kappa shape index (κ2) is 6.34. The van der Waals surface area contributed by atoms with Crippen molar-refractivity contribution in [2.75, 3.05) is 6.26 Å². The molecule has 4 nitrogen and oxygen atoms in total. The van der Waals surface area contributed by atoms with Crippen molar-refractivity contribution in [1.82, 2.24) is 4.72 Å². The molecule has 0 amide bonds. The second-order valence-corrected chi connectivity index (χ2v) is 5.13. The van der Waals surface area contributed by atoms with E-state index in [1.165, 1.54) is 12.8 Å². The van der Waals surface area contributed by atoms with Crippen LogP contribution >= 0.6 is 0 Å². The molecule has 0 saturated heterocycles. The molecule has 5 heteroatoms. The van der Waals surface area contributed by atoms with Gasteiger partial charge in [0.05, 0.1) is 12.4 Å². The first-order valence-electron chi connectivity index (χ1n) is 4.68. The molecule has 0 rings (SSSR count). The lowest BCUT2D eigenvalue weighted by Gasteiger charge is -2.11. The molecule has 0 aliphatic heterocycles. The quantitative estimate of drug-likeness (QED) is 0.480. The van der Waals surface area contributed by atoms with Crippen molar-refractivity contribution >= 4 is 10.0 Å². The SMILES string of the molecule is CCCCCCC(N)NS(C)(=O)=O. The van der Waals surface area contributed by atoms with E-state index >= 15 is 0 Å². The van der Waals surface area contributed by atoms with Gasteiger partial charge in [0.15, 0.2) is 0 Å². The summed E-state index contributed by atoms with van der Waals surface area (Å²) in [6.07, 6.45) is 5.88. The Labute approximate surface area is 80.9 Å². The lowest BCUT2D eigenvalue weighted by atomic mass is 10.1. The minimum atomic E-state index is -3.14. The third kappa shape index (κ3) is 9.79. The lowest BCUT2D eigenvalue weighted by Crippen LogP contribution is -2.40. The van der Waals surface area contributed by atoms with E-state index in [4.69, 9.17) is 5.73 Å². The molecule has 1 atom stereocenters. The van der Waals surface area contributed by atoms with Gasteiger partial charge in [-0.2, -0.15) is 4.72 Å². The van der Waals surface area contributed by atoms with Gasteiger partial charge in [-0.15, -0.1) is 0 Å². The van der Waals surface area contributed by atoms with Crippen LogP contribution in [0.1, 0.15) is 39.0 Å². The molecule has 0 saturated carbocycles. The Morgan fingerprint density at radius 2 is 1.92 bits per heavy atom. The van der Waals surface area contributed by atoms with Crippen LogP contribution in [0, 0.1) is 0 Å². The van der Waals surface area contributed by atoms with Gasteiger partial charge in [0.25, 0.3) is 0 Å². The molecular weight excluding hydrogens is 188 g/mol. The average molecular weight is 208 g/mol. The maximum absolute atomic E-state index is 10.7. The summed E-state index contributed by atoms with van der Waals surface area (Å²) < 4.78 is 23.8. The van der Waals surface area contributed by atoms with Crippen LogP contribution in [0.2, 0.25) is 0 Å². The molecule has 0 aromatic heterocycles. The van der Waals surface area contributed by atoms with Gasteiger partial charge in [-0.3, -0.25) is 0 Å². The number of hydrogen-bond acceptors (Lipinski definition) is 3. The van der Waals surface area contributed by atoms with Crippen LogP contribution in [0.25, 0.3) is 0 Å². The molecular formula is C8H20N2O2S. The fourth-order valence-corrected chi connectivity index (χ4v) is 1.79. The molecule has 0 aromatic carbocycles. The summed E-state index contributed by atoms with van der Waals surface area (Å²) in [6, 6.07) is 0. The highest BCUT2D eigenvalue weighted by Crippen LogP contribution is 2.03. The third-order valence-corrected chi connectivity index (χ3v) is 2.47. The highest BCUT2D eigenvalue weighted by molar-refractivity contribution is 7.88.